The number of aromatic amines is 1. The van der Waals surface area contributed by atoms with Crippen LogP contribution in [-0.2, 0) is 4.79 Å². The predicted octanol–water partition coefficient (Wildman–Crippen LogP) is 4.32. The highest BCUT2D eigenvalue weighted by molar-refractivity contribution is 7.71. The first-order valence-electron chi connectivity index (χ1n) is 7.25. The molecule has 1 atom stereocenters. The molecule has 1 amide bonds. The first kappa shape index (κ1) is 16.5. The number of hydrogen-bond donors (Lipinski definition) is 2. The highest BCUT2D eigenvalue weighted by Crippen LogP contribution is 2.26. The fraction of sp³-hybridized carbons (Fsp3) is 0.188. The van der Waals surface area contributed by atoms with Crippen molar-refractivity contribution >= 4 is 35.1 Å². The van der Waals surface area contributed by atoms with Crippen molar-refractivity contribution < 1.29 is 9.18 Å². The van der Waals surface area contributed by atoms with Gasteiger partial charge in [0.2, 0.25) is 5.91 Å². The summed E-state index contributed by atoms with van der Waals surface area (Å²) >= 11 is 6.74. The monoisotopic (exact) mass is 362 g/mol. The topological polar surface area (TPSA) is 62.7 Å². The molecule has 8 heteroatoms. The second-order valence-corrected chi connectivity index (χ2v) is 6.68. The Hall–Kier alpha value is -2.32. The fourth-order valence-electron chi connectivity index (χ4n) is 2.32. The van der Waals surface area contributed by atoms with Crippen molar-refractivity contribution in [3.8, 4) is 10.7 Å². The zero-order valence-corrected chi connectivity index (χ0v) is 14.7. The van der Waals surface area contributed by atoms with Gasteiger partial charge in [0.1, 0.15) is 11.9 Å². The summed E-state index contributed by atoms with van der Waals surface area (Å²) in [7, 11) is 0. The molecule has 0 aliphatic carbocycles. The number of aryl methyl sites for hydroxylation is 1. The molecule has 0 fully saturated rings. The molecule has 1 aromatic carbocycles. The van der Waals surface area contributed by atoms with E-state index in [1.54, 1.807) is 30.5 Å². The number of H-pyrrole nitrogens is 1. The van der Waals surface area contributed by atoms with Crippen molar-refractivity contribution in [1.82, 2.24) is 14.8 Å². The largest absolute Gasteiger partial charge is 0.322 e. The number of thiophene rings is 1. The summed E-state index contributed by atoms with van der Waals surface area (Å²) in [6.45, 7) is 3.49. The van der Waals surface area contributed by atoms with E-state index < -0.39 is 11.9 Å². The molecule has 2 N–H and O–H groups in total. The van der Waals surface area contributed by atoms with Gasteiger partial charge in [0.25, 0.3) is 0 Å². The molecule has 0 bridgehead atoms. The van der Waals surface area contributed by atoms with Gasteiger partial charge in [-0.15, -0.1) is 11.3 Å². The molecule has 0 saturated heterocycles. The van der Waals surface area contributed by atoms with Gasteiger partial charge < -0.3 is 5.32 Å². The number of carbonyl (C=O) groups is 1. The van der Waals surface area contributed by atoms with Gasteiger partial charge in [-0.2, -0.15) is 5.10 Å². The van der Waals surface area contributed by atoms with Gasteiger partial charge in [-0.3, -0.25) is 14.5 Å². The van der Waals surface area contributed by atoms with E-state index in [1.807, 2.05) is 17.5 Å². The van der Waals surface area contributed by atoms with Gasteiger partial charge in [-0.05, 0) is 55.2 Å². The molecule has 0 aliphatic heterocycles. The van der Waals surface area contributed by atoms with Crippen molar-refractivity contribution in [1.29, 1.82) is 0 Å². The van der Waals surface area contributed by atoms with Crippen molar-refractivity contribution in [2.45, 2.75) is 19.9 Å². The average molecular weight is 362 g/mol. The maximum absolute atomic E-state index is 13.9. The van der Waals surface area contributed by atoms with Crippen LogP contribution in [-0.4, -0.2) is 20.7 Å². The minimum Gasteiger partial charge on any atom is -0.322 e. The van der Waals surface area contributed by atoms with Gasteiger partial charge in [-0.25, -0.2) is 4.39 Å². The summed E-state index contributed by atoms with van der Waals surface area (Å²) in [5.41, 5.74) is 0.931. The third-order valence-electron chi connectivity index (χ3n) is 3.60. The van der Waals surface area contributed by atoms with Crippen LogP contribution < -0.4 is 5.32 Å². The van der Waals surface area contributed by atoms with E-state index in [-0.39, 0.29) is 11.6 Å². The third-order valence-corrected chi connectivity index (χ3v) is 4.75. The Morgan fingerprint density at radius 2 is 2.25 bits per heavy atom. The number of benzene rings is 1. The molecular weight excluding hydrogens is 347 g/mol. The summed E-state index contributed by atoms with van der Waals surface area (Å²) in [5.74, 6) is -0.250. The highest BCUT2D eigenvalue weighted by atomic mass is 32.1. The number of nitrogens with zero attached hydrogens (tertiary/aromatic N) is 2. The first-order chi connectivity index (χ1) is 11.5. The molecule has 0 aliphatic rings. The van der Waals surface area contributed by atoms with Crippen molar-refractivity contribution in [2.24, 2.45) is 0 Å². The molecule has 24 heavy (non-hydrogen) atoms. The predicted molar refractivity (Wildman–Crippen MR) is 95.2 cm³/mol. The molecule has 2 heterocycles. The number of anilines is 1. The van der Waals surface area contributed by atoms with Gasteiger partial charge in [0.15, 0.2) is 10.6 Å². The van der Waals surface area contributed by atoms with Gasteiger partial charge in [0.05, 0.1) is 10.6 Å². The number of aromatic nitrogens is 3. The number of nitrogens with one attached hydrogen (secondary N) is 2. The Bertz CT molecular complexity index is 930. The van der Waals surface area contributed by atoms with E-state index in [4.69, 9.17) is 12.2 Å². The van der Waals surface area contributed by atoms with E-state index in [0.717, 1.165) is 10.4 Å². The van der Waals surface area contributed by atoms with E-state index >= 15 is 0 Å². The lowest BCUT2D eigenvalue weighted by Crippen LogP contribution is -2.24. The van der Waals surface area contributed by atoms with Crippen LogP contribution in [0.15, 0.2) is 35.7 Å². The van der Waals surface area contributed by atoms with Crippen LogP contribution in [0.4, 0.5) is 10.1 Å². The highest BCUT2D eigenvalue weighted by Gasteiger charge is 2.22. The molecule has 2 aromatic heterocycles. The Morgan fingerprint density at radius 3 is 2.92 bits per heavy atom. The molecule has 5 nitrogen and oxygen atoms in total. The second-order valence-electron chi connectivity index (χ2n) is 5.35. The third kappa shape index (κ3) is 3.15. The zero-order chi connectivity index (χ0) is 17.3. The molecule has 0 radical (unpaired) electrons. The molecule has 3 aromatic rings. The van der Waals surface area contributed by atoms with Crippen LogP contribution in [0, 0.1) is 17.5 Å². The lowest BCUT2D eigenvalue weighted by atomic mass is 10.2. The van der Waals surface area contributed by atoms with Crippen LogP contribution in [0.25, 0.3) is 10.7 Å². The second kappa shape index (κ2) is 6.66. The van der Waals surface area contributed by atoms with Crippen molar-refractivity contribution in [3.63, 3.8) is 0 Å². The molecule has 0 unspecified atom stereocenters. The van der Waals surface area contributed by atoms with Crippen molar-refractivity contribution in [3.05, 3.63) is 51.9 Å². The number of amides is 1. The van der Waals surface area contributed by atoms with Crippen LogP contribution in [0.2, 0.25) is 0 Å². The van der Waals surface area contributed by atoms with E-state index in [9.17, 15) is 9.18 Å². The van der Waals surface area contributed by atoms with E-state index in [0.29, 0.717) is 10.6 Å². The van der Waals surface area contributed by atoms with Gasteiger partial charge in [-0.1, -0.05) is 12.1 Å². The summed E-state index contributed by atoms with van der Waals surface area (Å²) in [5, 5.41) is 11.4. The first-order valence-corrected chi connectivity index (χ1v) is 8.54. The lowest BCUT2D eigenvalue weighted by Gasteiger charge is -2.15. The average Bonchev–Trinajstić information content (AvgIpc) is 3.18. The number of rotatable bonds is 4. The fourth-order valence-corrected chi connectivity index (χ4v) is 3.32. The Kier molecular flexibility index (Phi) is 4.59. The SMILES string of the molecule is Cc1ccc(NC(=O)[C@H](C)n2c(-c3cccs3)n[nH]c2=S)c(F)c1. The maximum Gasteiger partial charge on any atom is 0.247 e. The standard InChI is InChI=1S/C16H15FN4OS2/c1-9-5-6-12(11(17)8-9)18-15(22)10(2)21-14(19-20-16(21)23)13-4-3-7-24-13/h3-8,10H,1-2H3,(H,18,22)(H,20,23)/t10-/m0/s1. The zero-order valence-electron chi connectivity index (χ0n) is 13.0. The van der Waals surface area contributed by atoms with Crippen LogP contribution in [0.1, 0.15) is 18.5 Å². The Labute approximate surface area is 147 Å². The van der Waals surface area contributed by atoms with Crippen LogP contribution in [0.5, 0.6) is 0 Å². The Morgan fingerprint density at radius 1 is 1.46 bits per heavy atom. The molecular formula is C16H15FN4OS2. The minimum atomic E-state index is -0.644. The Balaban J connectivity index is 1.89. The smallest absolute Gasteiger partial charge is 0.247 e. The maximum atomic E-state index is 13.9. The van der Waals surface area contributed by atoms with Gasteiger partial charge in [0, 0.05) is 0 Å². The minimum absolute atomic E-state index is 0.144. The quantitative estimate of drug-likeness (QED) is 0.680. The lowest BCUT2D eigenvalue weighted by molar-refractivity contribution is -0.118. The number of carbonyl (C=O) groups excluding carboxylic acids is 1. The normalized spacial score (nSPS) is 12.1. The van der Waals surface area contributed by atoms with E-state index in [1.165, 1.54) is 17.4 Å². The number of hydrogen-bond acceptors (Lipinski definition) is 4. The number of halogens is 1. The van der Waals surface area contributed by atoms with Gasteiger partial charge >= 0.3 is 0 Å². The van der Waals surface area contributed by atoms with E-state index in [2.05, 4.69) is 15.5 Å². The van der Waals surface area contributed by atoms with Crippen LogP contribution >= 0.6 is 23.6 Å². The summed E-state index contributed by atoms with van der Waals surface area (Å²) in [4.78, 5) is 13.4. The van der Waals surface area contributed by atoms with Crippen LogP contribution in [0.3, 0.4) is 0 Å². The summed E-state index contributed by atoms with van der Waals surface area (Å²) < 4.78 is 15.9. The molecule has 0 spiro atoms. The molecule has 0 saturated carbocycles. The summed E-state index contributed by atoms with van der Waals surface area (Å²) in [6, 6.07) is 7.81. The molecule has 3 rings (SSSR count). The molecule has 124 valence electrons. The van der Waals surface area contributed by atoms with Crippen molar-refractivity contribution in [2.75, 3.05) is 5.32 Å². The summed E-state index contributed by atoms with van der Waals surface area (Å²) in [6.07, 6.45) is 0.